The van der Waals surface area contributed by atoms with Crippen LogP contribution >= 0.6 is 0 Å². The number of nitrogens with zero attached hydrogens (tertiary/aromatic N) is 2. The van der Waals surface area contributed by atoms with Crippen molar-refractivity contribution in [2.75, 3.05) is 6.54 Å². The maximum atomic E-state index is 11.2. The van der Waals surface area contributed by atoms with Gasteiger partial charge in [-0.05, 0) is 24.1 Å². The molecule has 2 rings (SSSR count). The number of carbonyl (C=O) groups is 1. The molecule has 5 nitrogen and oxygen atoms in total. The zero-order valence-corrected chi connectivity index (χ0v) is 8.19. The van der Waals surface area contributed by atoms with Gasteiger partial charge in [0.1, 0.15) is 5.70 Å². The number of allylic oxidation sites excluding steroid dienone is 2. The highest BCUT2D eigenvalue weighted by Gasteiger charge is 2.30. The minimum Gasteiger partial charge on any atom is -0.365 e. The SMILES string of the molecule is C=C1C(C(N)=O)=C(N=O)C=C2CCCN12. The summed E-state index contributed by atoms with van der Waals surface area (Å²) in [5.41, 5.74) is 6.91. The van der Waals surface area contributed by atoms with Gasteiger partial charge in [0.05, 0.1) is 5.57 Å². The summed E-state index contributed by atoms with van der Waals surface area (Å²) in [5.74, 6) is -0.656. The van der Waals surface area contributed by atoms with E-state index in [2.05, 4.69) is 11.8 Å². The molecule has 2 aliphatic rings. The van der Waals surface area contributed by atoms with Gasteiger partial charge in [-0.1, -0.05) is 6.58 Å². The molecule has 1 amide bonds. The average Bonchev–Trinajstić information content (AvgIpc) is 2.64. The summed E-state index contributed by atoms with van der Waals surface area (Å²) < 4.78 is 0. The van der Waals surface area contributed by atoms with E-state index in [4.69, 9.17) is 5.73 Å². The van der Waals surface area contributed by atoms with Gasteiger partial charge >= 0.3 is 0 Å². The maximum absolute atomic E-state index is 11.2. The molecule has 0 saturated carbocycles. The van der Waals surface area contributed by atoms with Crippen molar-refractivity contribution in [3.05, 3.63) is 40.2 Å². The van der Waals surface area contributed by atoms with Gasteiger partial charge in [0.15, 0.2) is 0 Å². The molecule has 1 saturated heterocycles. The molecule has 0 bridgehead atoms. The van der Waals surface area contributed by atoms with Crippen molar-refractivity contribution in [3.63, 3.8) is 0 Å². The summed E-state index contributed by atoms with van der Waals surface area (Å²) in [6.07, 6.45) is 3.49. The van der Waals surface area contributed by atoms with Gasteiger partial charge in [-0.2, -0.15) is 0 Å². The fourth-order valence-corrected chi connectivity index (χ4v) is 2.01. The van der Waals surface area contributed by atoms with Crippen LogP contribution in [0.15, 0.2) is 40.5 Å². The number of hydrogen-bond donors (Lipinski definition) is 1. The second-order valence-electron chi connectivity index (χ2n) is 3.55. The Kier molecular flexibility index (Phi) is 2.15. The molecule has 78 valence electrons. The molecule has 1 fully saturated rings. The highest BCUT2D eigenvalue weighted by atomic mass is 16.3. The summed E-state index contributed by atoms with van der Waals surface area (Å²) in [5, 5.41) is 2.83. The van der Waals surface area contributed by atoms with Crippen molar-refractivity contribution in [2.24, 2.45) is 10.9 Å². The minimum atomic E-state index is -0.656. The smallest absolute Gasteiger partial charge is 0.253 e. The van der Waals surface area contributed by atoms with Gasteiger partial charge in [-0.25, -0.2) is 0 Å². The summed E-state index contributed by atoms with van der Waals surface area (Å²) in [4.78, 5) is 23.7. The molecular weight excluding hydrogens is 194 g/mol. The van der Waals surface area contributed by atoms with Gasteiger partial charge in [-0.3, -0.25) is 4.79 Å². The van der Waals surface area contributed by atoms with E-state index in [1.54, 1.807) is 6.08 Å². The molecule has 2 heterocycles. The van der Waals surface area contributed by atoms with Crippen LogP contribution in [-0.2, 0) is 4.79 Å². The van der Waals surface area contributed by atoms with E-state index in [0.717, 1.165) is 25.1 Å². The highest BCUT2D eigenvalue weighted by molar-refractivity contribution is 5.98. The third kappa shape index (κ3) is 1.36. The van der Waals surface area contributed by atoms with Gasteiger partial charge in [0.25, 0.3) is 5.91 Å². The van der Waals surface area contributed by atoms with E-state index >= 15 is 0 Å². The lowest BCUT2D eigenvalue weighted by Gasteiger charge is -2.27. The lowest BCUT2D eigenvalue weighted by atomic mass is 10.0. The summed E-state index contributed by atoms with van der Waals surface area (Å²) in [7, 11) is 0. The first kappa shape index (κ1) is 9.64. The van der Waals surface area contributed by atoms with E-state index in [1.165, 1.54) is 0 Å². The first-order valence-electron chi connectivity index (χ1n) is 4.70. The van der Waals surface area contributed by atoms with Crippen LogP contribution in [0.2, 0.25) is 0 Å². The number of rotatable bonds is 2. The van der Waals surface area contributed by atoms with E-state index in [9.17, 15) is 9.70 Å². The fourth-order valence-electron chi connectivity index (χ4n) is 2.01. The largest absolute Gasteiger partial charge is 0.365 e. The Hall–Kier alpha value is -1.91. The van der Waals surface area contributed by atoms with Crippen LogP contribution in [0.5, 0.6) is 0 Å². The summed E-state index contributed by atoms with van der Waals surface area (Å²) >= 11 is 0. The standard InChI is InChI=1S/C10H11N3O2/c1-6-9(10(11)14)8(12-15)5-7-3-2-4-13(6)7/h5H,1-4H2,(H2,11,14). The molecule has 2 N–H and O–H groups in total. The van der Waals surface area contributed by atoms with Crippen LogP contribution in [0.3, 0.4) is 0 Å². The number of primary amides is 1. The summed E-state index contributed by atoms with van der Waals surface area (Å²) in [6, 6.07) is 0. The quantitative estimate of drug-likeness (QED) is 0.683. The van der Waals surface area contributed by atoms with Crippen molar-refractivity contribution in [3.8, 4) is 0 Å². The van der Waals surface area contributed by atoms with Gasteiger partial charge in [-0.15, -0.1) is 4.91 Å². The number of amides is 1. The van der Waals surface area contributed by atoms with Crippen molar-refractivity contribution in [1.29, 1.82) is 0 Å². The normalized spacial score (nSPS) is 20.1. The fraction of sp³-hybridized carbons (Fsp3) is 0.300. The van der Waals surface area contributed by atoms with Crippen molar-refractivity contribution in [1.82, 2.24) is 4.90 Å². The lowest BCUT2D eigenvalue weighted by Crippen LogP contribution is -2.28. The highest BCUT2D eigenvalue weighted by Crippen LogP contribution is 2.35. The second-order valence-corrected chi connectivity index (χ2v) is 3.55. The molecular formula is C10H11N3O2. The van der Waals surface area contributed by atoms with E-state index in [1.807, 2.05) is 4.90 Å². The number of carbonyl (C=O) groups excluding carboxylic acids is 1. The van der Waals surface area contributed by atoms with Crippen molar-refractivity contribution < 1.29 is 4.79 Å². The Labute approximate surface area is 86.9 Å². The number of nitrogens with two attached hydrogens (primary N) is 1. The molecule has 2 aliphatic heterocycles. The predicted octanol–water partition coefficient (Wildman–Crippen LogP) is 0.999. The molecule has 0 atom stereocenters. The molecule has 0 spiro atoms. The molecule has 0 radical (unpaired) electrons. The van der Waals surface area contributed by atoms with Crippen LogP contribution in [0.4, 0.5) is 0 Å². The van der Waals surface area contributed by atoms with E-state index < -0.39 is 5.91 Å². The predicted molar refractivity (Wildman–Crippen MR) is 55.2 cm³/mol. The Bertz CT molecular complexity index is 420. The van der Waals surface area contributed by atoms with Crippen LogP contribution in [0.25, 0.3) is 0 Å². The van der Waals surface area contributed by atoms with E-state index in [0.29, 0.717) is 5.70 Å². The van der Waals surface area contributed by atoms with Gasteiger partial charge < -0.3 is 10.6 Å². The van der Waals surface area contributed by atoms with E-state index in [-0.39, 0.29) is 11.3 Å². The average molecular weight is 205 g/mol. The van der Waals surface area contributed by atoms with Crippen molar-refractivity contribution >= 4 is 5.91 Å². The zero-order chi connectivity index (χ0) is 11.0. The first-order chi connectivity index (χ1) is 7.15. The molecule has 0 aliphatic carbocycles. The Morgan fingerprint density at radius 1 is 1.60 bits per heavy atom. The van der Waals surface area contributed by atoms with Crippen LogP contribution in [0, 0.1) is 4.91 Å². The Morgan fingerprint density at radius 2 is 2.33 bits per heavy atom. The first-order valence-corrected chi connectivity index (χ1v) is 4.70. The van der Waals surface area contributed by atoms with Crippen LogP contribution < -0.4 is 5.73 Å². The number of fused-ring (bicyclic) bond motifs is 1. The minimum absolute atomic E-state index is 0.0978. The lowest BCUT2D eigenvalue weighted by molar-refractivity contribution is -0.114. The Morgan fingerprint density at radius 3 is 2.93 bits per heavy atom. The third-order valence-electron chi connectivity index (χ3n) is 2.68. The molecule has 0 aromatic rings. The number of nitroso groups, excluding NO2 is 1. The molecule has 5 heteroatoms. The zero-order valence-electron chi connectivity index (χ0n) is 8.19. The molecule has 0 unspecified atom stereocenters. The molecule has 0 aromatic carbocycles. The topological polar surface area (TPSA) is 75.8 Å². The molecule has 0 aromatic heterocycles. The third-order valence-corrected chi connectivity index (χ3v) is 2.68. The second kappa shape index (κ2) is 3.34. The van der Waals surface area contributed by atoms with Gasteiger partial charge in [0.2, 0.25) is 0 Å². The Balaban J connectivity index is 2.53. The monoisotopic (exact) mass is 205 g/mol. The maximum Gasteiger partial charge on any atom is 0.253 e. The van der Waals surface area contributed by atoms with Gasteiger partial charge in [0, 0.05) is 17.9 Å². The van der Waals surface area contributed by atoms with Crippen LogP contribution in [-0.4, -0.2) is 17.4 Å². The molecule has 15 heavy (non-hydrogen) atoms. The van der Waals surface area contributed by atoms with Crippen molar-refractivity contribution in [2.45, 2.75) is 12.8 Å². The van der Waals surface area contributed by atoms with Crippen LogP contribution in [0.1, 0.15) is 12.8 Å². The summed E-state index contributed by atoms with van der Waals surface area (Å²) in [6.45, 7) is 4.60. The number of hydrogen-bond acceptors (Lipinski definition) is 4.